The largest absolute Gasteiger partial charge is 0.382 e. The summed E-state index contributed by atoms with van der Waals surface area (Å²) in [6.07, 6.45) is 1.46. The smallest absolute Gasteiger partial charge is 0.240 e. The molecule has 5 N–H and O–H groups in total. The molecule has 3 aromatic rings. The van der Waals surface area contributed by atoms with Gasteiger partial charge in [0.05, 0.1) is 27.6 Å². The van der Waals surface area contributed by atoms with Crippen molar-refractivity contribution >= 4 is 37.2 Å². The van der Waals surface area contributed by atoms with Crippen molar-refractivity contribution in [2.45, 2.75) is 15.0 Å². The van der Waals surface area contributed by atoms with Gasteiger partial charge in [0, 0.05) is 18.7 Å². The first kappa shape index (κ1) is 20.6. The number of imidazole rings is 1. The molecule has 2 aromatic heterocycles. The molecule has 0 bridgehead atoms. The molecular formula is C17H17N9O4S2. The number of primary sulfonamides is 1. The molecule has 5 rings (SSSR count). The molecule has 32 heavy (non-hydrogen) atoms. The number of sulfonamides is 1. The molecule has 13 nitrogen and oxygen atoms in total. The molecule has 0 aliphatic carbocycles. The Morgan fingerprint density at radius 1 is 1.09 bits per heavy atom. The Bertz CT molecular complexity index is 1540. The van der Waals surface area contributed by atoms with E-state index in [1.54, 1.807) is 12.1 Å². The van der Waals surface area contributed by atoms with E-state index in [-0.39, 0.29) is 42.5 Å². The molecule has 0 unspecified atom stereocenters. The van der Waals surface area contributed by atoms with Crippen LogP contribution >= 0.6 is 0 Å². The van der Waals surface area contributed by atoms with Crippen LogP contribution in [0.2, 0.25) is 0 Å². The Morgan fingerprint density at radius 3 is 2.50 bits per heavy atom. The number of sulfone groups is 1. The van der Waals surface area contributed by atoms with E-state index in [9.17, 15) is 16.8 Å². The molecule has 2 aliphatic heterocycles. The van der Waals surface area contributed by atoms with Gasteiger partial charge in [-0.2, -0.15) is 5.11 Å². The summed E-state index contributed by atoms with van der Waals surface area (Å²) in [5, 5.41) is 19.6. The number of hydrogen-bond acceptors (Lipinski definition) is 11. The van der Waals surface area contributed by atoms with Gasteiger partial charge in [0.1, 0.15) is 10.7 Å². The average Bonchev–Trinajstić information content (AvgIpc) is 3.34. The van der Waals surface area contributed by atoms with E-state index in [1.165, 1.54) is 22.8 Å². The first-order valence-electron chi connectivity index (χ1n) is 9.35. The number of rotatable bonds is 5. The summed E-state index contributed by atoms with van der Waals surface area (Å²) < 4.78 is 53.3. The summed E-state index contributed by atoms with van der Waals surface area (Å²) in [6, 6.07) is 5.90. The van der Waals surface area contributed by atoms with Gasteiger partial charge >= 0.3 is 0 Å². The molecular weight excluding hydrogens is 458 g/mol. The molecule has 1 fully saturated rings. The third-order valence-electron chi connectivity index (χ3n) is 5.23. The second-order valence-electron chi connectivity index (χ2n) is 7.22. The van der Waals surface area contributed by atoms with Gasteiger partial charge in [0.25, 0.3) is 0 Å². The van der Waals surface area contributed by atoms with Gasteiger partial charge < -0.3 is 11.1 Å². The molecule has 0 saturated carbocycles. The van der Waals surface area contributed by atoms with Crippen LogP contribution in [0.3, 0.4) is 0 Å². The molecule has 0 radical (unpaired) electrons. The predicted octanol–water partition coefficient (Wildman–Crippen LogP) is -0.459. The number of amidine groups is 1. The third-order valence-corrected chi connectivity index (χ3v) is 8.51. The molecule has 166 valence electrons. The normalized spacial score (nSPS) is 17.0. The van der Waals surface area contributed by atoms with Crippen LogP contribution in [0.15, 0.2) is 55.5 Å². The highest BCUT2D eigenvalue weighted by Gasteiger charge is 2.39. The molecule has 1 saturated heterocycles. The Kier molecular flexibility index (Phi) is 4.59. The van der Waals surface area contributed by atoms with Gasteiger partial charge in [-0.25, -0.2) is 36.5 Å². The number of aliphatic imine (C=N–C) groups is 1. The quantitative estimate of drug-likeness (QED) is 0.440. The lowest BCUT2D eigenvalue weighted by Crippen LogP contribution is -2.51. The number of benzene rings is 1. The maximum Gasteiger partial charge on any atom is 0.240 e. The third kappa shape index (κ3) is 3.17. The summed E-state index contributed by atoms with van der Waals surface area (Å²) in [4.78, 5) is 7.40. The van der Waals surface area contributed by atoms with Crippen molar-refractivity contribution in [2.24, 2.45) is 20.4 Å². The van der Waals surface area contributed by atoms with Crippen LogP contribution in [-0.4, -0.2) is 62.3 Å². The van der Waals surface area contributed by atoms with E-state index >= 15 is 0 Å². The maximum atomic E-state index is 13.2. The second-order valence-corrected chi connectivity index (χ2v) is 10.9. The van der Waals surface area contributed by atoms with Crippen molar-refractivity contribution in [3.05, 3.63) is 36.0 Å². The van der Waals surface area contributed by atoms with E-state index in [4.69, 9.17) is 10.9 Å². The highest BCUT2D eigenvalue weighted by molar-refractivity contribution is 7.94. The standard InChI is InChI=1S/C17H17N9O4S2/c18-13-3-4-14-21-7-11(26(14)25-13)10-1-2-12(31(27,28)9-5-20-6-9)16(32(19,29)30)15(10)17-22-8-23-24-17/h1-4,7,9,20H,5-6,8H2,(H2,18,25)(H2,19,29,30). The fraction of sp³-hybridized carbons (Fsp3) is 0.235. The Labute approximate surface area is 182 Å². The van der Waals surface area contributed by atoms with Crippen LogP contribution in [0.4, 0.5) is 5.82 Å². The van der Waals surface area contributed by atoms with Crippen molar-refractivity contribution in [1.82, 2.24) is 19.9 Å². The minimum atomic E-state index is -4.53. The Hall–Kier alpha value is -3.27. The summed E-state index contributed by atoms with van der Waals surface area (Å²) in [6.45, 7) is 0.391. The van der Waals surface area contributed by atoms with E-state index in [0.717, 1.165) is 0 Å². The topological polar surface area (TPSA) is 200 Å². The number of fused-ring (bicyclic) bond motifs is 1. The van der Waals surface area contributed by atoms with Crippen LogP contribution < -0.4 is 16.2 Å². The number of nitrogens with one attached hydrogen (secondary N) is 1. The number of nitrogens with two attached hydrogens (primary N) is 2. The highest BCUT2D eigenvalue weighted by atomic mass is 32.2. The van der Waals surface area contributed by atoms with E-state index in [0.29, 0.717) is 11.3 Å². The summed E-state index contributed by atoms with van der Waals surface area (Å²) in [7, 11) is -8.54. The van der Waals surface area contributed by atoms with Crippen molar-refractivity contribution < 1.29 is 16.8 Å². The minimum Gasteiger partial charge on any atom is -0.382 e. The molecule has 1 aromatic carbocycles. The number of nitrogens with zero attached hydrogens (tertiary/aromatic N) is 6. The summed E-state index contributed by atoms with van der Waals surface area (Å²) in [5.41, 5.74) is 6.80. The summed E-state index contributed by atoms with van der Waals surface area (Å²) in [5.74, 6) is 0.159. The summed E-state index contributed by atoms with van der Waals surface area (Å²) >= 11 is 0. The Morgan fingerprint density at radius 2 is 1.88 bits per heavy atom. The number of azo groups is 1. The van der Waals surface area contributed by atoms with Gasteiger partial charge in [-0.1, -0.05) is 6.07 Å². The molecule has 4 heterocycles. The maximum absolute atomic E-state index is 13.2. The second kappa shape index (κ2) is 7.13. The van der Waals surface area contributed by atoms with E-state index in [2.05, 4.69) is 30.6 Å². The fourth-order valence-electron chi connectivity index (χ4n) is 3.60. The zero-order chi connectivity index (χ0) is 22.7. The van der Waals surface area contributed by atoms with E-state index in [1.807, 2.05) is 0 Å². The molecule has 0 spiro atoms. The fourth-order valence-corrected chi connectivity index (χ4v) is 6.78. The van der Waals surface area contributed by atoms with Crippen molar-refractivity contribution in [3.8, 4) is 11.3 Å². The van der Waals surface area contributed by atoms with Gasteiger partial charge in [0.15, 0.2) is 28.0 Å². The highest BCUT2D eigenvalue weighted by Crippen LogP contribution is 2.36. The van der Waals surface area contributed by atoms with E-state index < -0.39 is 34.9 Å². The van der Waals surface area contributed by atoms with Gasteiger partial charge in [-0.3, -0.25) is 0 Å². The number of hydrogen-bond donors (Lipinski definition) is 3. The zero-order valence-electron chi connectivity index (χ0n) is 16.4. The van der Waals surface area contributed by atoms with Gasteiger partial charge in [-0.05, 0) is 18.2 Å². The minimum absolute atomic E-state index is 0.0271. The Balaban J connectivity index is 1.88. The van der Waals surface area contributed by atoms with Crippen molar-refractivity contribution in [3.63, 3.8) is 0 Å². The van der Waals surface area contributed by atoms with Gasteiger partial charge in [0.2, 0.25) is 10.0 Å². The average molecular weight is 476 g/mol. The van der Waals surface area contributed by atoms with Crippen LogP contribution in [0.25, 0.3) is 16.9 Å². The lowest BCUT2D eigenvalue weighted by Gasteiger charge is -2.28. The van der Waals surface area contributed by atoms with Crippen molar-refractivity contribution in [1.29, 1.82) is 0 Å². The monoisotopic (exact) mass is 475 g/mol. The zero-order valence-corrected chi connectivity index (χ0v) is 18.0. The molecule has 0 atom stereocenters. The molecule has 0 amide bonds. The lowest BCUT2D eigenvalue weighted by molar-refractivity contribution is 0.493. The number of nitrogen functional groups attached to an aromatic ring is 1. The SMILES string of the molecule is Nc1ccc2ncc(-c3ccc(S(=O)(=O)C4CNC4)c(S(N)(=O)=O)c3C3=NCN=N3)n2n1. The van der Waals surface area contributed by atoms with Crippen LogP contribution in [-0.2, 0) is 19.9 Å². The van der Waals surface area contributed by atoms with Crippen molar-refractivity contribution in [2.75, 3.05) is 25.5 Å². The first-order chi connectivity index (χ1) is 15.2. The van der Waals surface area contributed by atoms with Crippen LogP contribution in [0.5, 0.6) is 0 Å². The lowest BCUT2D eigenvalue weighted by atomic mass is 10.0. The number of aromatic nitrogens is 3. The first-order valence-corrected chi connectivity index (χ1v) is 12.4. The van der Waals surface area contributed by atoms with Crippen LogP contribution in [0.1, 0.15) is 5.56 Å². The predicted molar refractivity (Wildman–Crippen MR) is 114 cm³/mol. The molecule has 15 heteroatoms. The molecule has 2 aliphatic rings. The van der Waals surface area contributed by atoms with Crippen LogP contribution in [0, 0.1) is 0 Å². The number of anilines is 1. The van der Waals surface area contributed by atoms with Gasteiger partial charge in [-0.15, -0.1) is 10.2 Å².